The van der Waals surface area contributed by atoms with Gasteiger partial charge in [0.05, 0.1) is 15.6 Å². The fourth-order valence-corrected chi connectivity index (χ4v) is 6.79. The van der Waals surface area contributed by atoms with Crippen molar-refractivity contribution in [1.29, 1.82) is 0 Å². The molecule has 11 heteroatoms. The highest BCUT2D eigenvalue weighted by atomic mass is 32.2. The molecule has 162 valence electrons. The molecule has 0 aliphatic carbocycles. The molecular formula is C20H19N3O7S. The lowest BCUT2D eigenvalue weighted by Crippen LogP contribution is -2.41. The Morgan fingerprint density at radius 3 is 2.06 bits per heavy atom. The molecule has 2 aromatic rings. The third-order valence-electron chi connectivity index (χ3n) is 6.37. The smallest absolute Gasteiger partial charge is 0.269 e. The van der Waals surface area contributed by atoms with Crippen LogP contribution in [0.25, 0.3) is 0 Å². The normalized spacial score (nSPS) is 36.5. The zero-order valence-electron chi connectivity index (χ0n) is 16.7. The molecule has 0 N–H and O–H groups in total. The molecule has 31 heavy (non-hydrogen) atoms. The summed E-state index contributed by atoms with van der Waals surface area (Å²) in [6.07, 6.45) is -1.15. The van der Waals surface area contributed by atoms with Gasteiger partial charge in [-0.1, -0.05) is 24.3 Å². The van der Waals surface area contributed by atoms with E-state index in [1.54, 1.807) is 38.1 Å². The quantitative estimate of drug-likeness (QED) is 0.520. The van der Waals surface area contributed by atoms with E-state index < -0.39 is 49.7 Å². The summed E-state index contributed by atoms with van der Waals surface area (Å²) in [7, 11) is -1.32. The average molecular weight is 445 g/mol. The van der Waals surface area contributed by atoms with Crippen molar-refractivity contribution in [2.24, 2.45) is 0 Å². The lowest BCUT2D eigenvalue weighted by molar-refractivity contribution is -0.385. The van der Waals surface area contributed by atoms with Crippen LogP contribution in [-0.2, 0) is 31.5 Å². The second kappa shape index (κ2) is 6.63. The van der Waals surface area contributed by atoms with Crippen molar-refractivity contribution < 1.29 is 23.5 Å². The van der Waals surface area contributed by atoms with Gasteiger partial charge < -0.3 is 9.47 Å². The standard InChI is InChI=1S/C20H19N3O7S/c1-19(12-5-3-7-14(9-12)22(24)25)17-21-16(29-19)11-31(28)18(21)20(2,30-17)13-6-4-8-15(10-13)23(26)27/h3-10,16-18H,11H2,1-2H3/t16-,17-,18-,19-,20-,31?/m1/s1. The maximum Gasteiger partial charge on any atom is 0.269 e. The van der Waals surface area contributed by atoms with Crippen LogP contribution in [0.1, 0.15) is 25.0 Å². The number of hydrogen-bond acceptors (Lipinski definition) is 8. The SMILES string of the molecule is C[C@]1(c2cccc([N+](=O)[O-])c2)O[C@H]2N3[C@@H]1S(=O)C[C@H]3O[C@]2(C)c1cccc([N+](=O)[O-])c1. The molecule has 2 aromatic carbocycles. The highest BCUT2D eigenvalue weighted by Crippen LogP contribution is 2.56. The summed E-state index contributed by atoms with van der Waals surface area (Å²) in [6, 6.07) is 12.3. The number of nitro groups is 2. The molecule has 0 radical (unpaired) electrons. The van der Waals surface area contributed by atoms with Crippen molar-refractivity contribution >= 4 is 22.2 Å². The summed E-state index contributed by atoms with van der Waals surface area (Å²) in [4.78, 5) is 23.5. The molecule has 0 amide bonds. The van der Waals surface area contributed by atoms with Crippen molar-refractivity contribution in [3.05, 3.63) is 79.9 Å². The van der Waals surface area contributed by atoms with Crippen LogP contribution in [-0.4, -0.2) is 42.5 Å². The molecule has 3 fully saturated rings. The van der Waals surface area contributed by atoms with Crippen LogP contribution < -0.4 is 0 Å². The summed E-state index contributed by atoms with van der Waals surface area (Å²) in [6.45, 7) is 3.58. The first kappa shape index (κ1) is 20.2. The Kier molecular flexibility index (Phi) is 4.32. The Morgan fingerprint density at radius 1 is 0.968 bits per heavy atom. The topological polar surface area (TPSA) is 125 Å². The molecule has 3 saturated heterocycles. The Balaban J connectivity index is 1.60. The number of rotatable bonds is 4. The Hall–Kier alpha value is -2.73. The van der Waals surface area contributed by atoms with Crippen molar-refractivity contribution in [2.45, 2.75) is 42.9 Å². The molecule has 5 rings (SSSR count). The minimum Gasteiger partial charge on any atom is -0.347 e. The lowest BCUT2D eigenvalue weighted by atomic mass is 9.93. The molecule has 0 aromatic heterocycles. The van der Waals surface area contributed by atoms with Crippen molar-refractivity contribution in [3.8, 4) is 0 Å². The first-order chi connectivity index (χ1) is 14.6. The molecule has 0 bridgehead atoms. The molecular weight excluding hydrogens is 426 g/mol. The molecule has 3 heterocycles. The van der Waals surface area contributed by atoms with Crippen LogP contribution in [0.3, 0.4) is 0 Å². The van der Waals surface area contributed by atoms with Crippen LogP contribution in [0, 0.1) is 20.2 Å². The summed E-state index contributed by atoms with van der Waals surface area (Å²) >= 11 is 0. The third-order valence-corrected chi connectivity index (χ3v) is 8.18. The largest absolute Gasteiger partial charge is 0.347 e. The van der Waals surface area contributed by atoms with Gasteiger partial charge in [-0.15, -0.1) is 0 Å². The van der Waals surface area contributed by atoms with E-state index >= 15 is 0 Å². The van der Waals surface area contributed by atoms with E-state index in [0.29, 0.717) is 11.1 Å². The molecule has 1 unspecified atom stereocenters. The minimum atomic E-state index is -1.32. The Labute approximate surface area is 179 Å². The van der Waals surface area contributed by atoms with E-state index in [4.69, 9.17) is 9.47 Å². The van der Waals surface area contributed by atoms with E-state index in [1.807, 2.05) is 4.90 Å². The van der Waals surface area contributed by atoms with Gasteiger partial charge in [-0.2, -0.15) is 0 Å². The van der Waals surface area contributed by atoms with E-state index in [2.05, 4.69) is 0 Å². The fourth-order valence-electron chi connectivity index (χ4n) is 4.88. The van der Waals surface area contributed by atoms with E-state index in [9.17, 15) is 24.4 Å². The maximum absolute atomic E-state index is 13.0. The van der Waals surface area contributed by atoms with Gasteiger partial charge in [0.15, 0.2) is 0 Å². The van der Waals surface area contributed by atoms with E-state index in [1.165, 1.54) is 24.3 Å². The maximum atomic E-state index is 13.0. The van der Waals surface area contributed by atoms with E-state index in [0.717, 1.165) is 0 Å². The summed E-state index contributed by atoms with van der Waals surface area (Å²) in [5, 5.41) is 22.0. The first-order valence-electron chi connectivity index (χ1n) is 9.65. The van der Waals surface area contributed by atoms with Crippen LogP contribution in [0.2, 0.25) is 0 Å². The summed E-state index contributed by atoms with van der Waals surface area (Å²) in [5.74, 6) is 0.263. The van der Waals surface area contributed by atoms with Crippen LogP contribution in [0.5, 0.6) is 0 Å². The average Bonchev–Trinajstić information content (AvgIpc) is 3.34. The Morgan fingerprint density at radius 2 is 1.52 bits per heavy atom. The third kappa shape index (κ3) is 2.77. The van der Waals surface area contributed by atoms with Gasteiger partial charge >= 0.3 is 0 Å². The van der Waals surface area contributed by atoms with Crippen LogP contribution in [0.15, 0.2) is 48.5 Å². The van der Waals surface area contributed by atoms with Crippen molar-refractivity contribution in [2.75, 3.05) is 5.75 Å². The first-order valence-corrected chi connectivity index (χ1v) is 11.0. The predicted octanol–water partition coefficient (Wildman–Crippen LogP) is 2.74. The molecule has 3 aliphatic heterocycles. The van der Waals surface area contributed by atoms with Gasteiger partial charge in [-0.05, 0) is 25.0 Å². The summed E-state index contributed by atoms with van der Waals surface area (Å²) < 4.78 is 25.8. The zero-order chi connectivity index (χ0) is 22.1. The van der Waals surface area contributed by atoms with Gasteiger partial charge in [0.2, 0.25) is 0 Å². The zero-order valence-corrected chi connectivity index (χ0v) is 17.5. The van der Waals surface area contributed by atoms with Crippen LogP contribution in [0.4, 0.5) is 11.4 Å². The highest BCUT2D eigenvalue weighted by Gasteiger charge is 2.69. The number of hydrogen-bond donors (Lipinski definition) is 0. The van der Waals surface area contributed by atoms with Crippen LogP contribution >= 0.6 is 0 Å². The van der Waals surface area contributed by atoms with Crippen molar-refractivity contribution in [3.63, 3.8) is 0 Å². The Bertz CT molecular complexity index is 1140. The molecule has 0 saturated carbocycles. The van der Waals surface area contributed by atoms with E-state index in [-0.39, 0.29) is 17.1 Å². The van der Waals surface area contributed by atoms with Gasteiger partial charge in [-0.25, -0.2) is 4.90 Å². The van der Waals surface area contributed by atoms with Gasteiger partial charge in [0.25, 0.3) is 11.4 Å². The number of ether oxygens (including phenoxy) is 2. The molecule has 10 nitrogen and oxygen atoms in total. The monoisotopic (exact) mass is 445 g/mol. The van der Waals surface area contributed by atoms with Crippen molar-refractivity contribution in [1.82, 2.24) is 4.90 Å². The number of nitro benzene ring substituents is 2. The minimum absolute atomic E-state index is 0.0612. The number of nitrogens with zero attached hydrogens (tertiary/aromatic N) is 3. The summed E-state index contributed by atoms with van der Waals surface area (Å²) in [5.41, 5.74) is -1.13. The lowest BCUT2D eigenvalue weighted by Gasteiger charge is -2.33. The fraction of sp³-hybridized carbons (Fsp3) is 0.400. The van der Waals surface area contributed by atoms with Gasteiger partial charge in [0, 0.05) is 35.1 Å². The second-order valence-corrected chi connectivity index (χ2v) is 9.76. The second-order valence-electron chi connectivity index (χ2n) is 8.22. The van der Waals surface area contributed by atoms with Gasteiger partial charge in [-0.3, -0.25) is 24.4 Å². The highest BCUT2D eigenvalue weighted by molar-refractivity contribution is 7.86. The number of non-ortho nitro benzene ring substituents is 2. The molecule has 0 spiro atoms. The predicted molar refractivity (Wildman–Crippen MR) is 109 cm³/mol. The molecule has 3 aliphatic rings. The number of benzene rings is 2. The molecule has 6 atom stereocenters. The van der Waals surface area contributed by atoms with Gasteiger partial charge in [0.1, 0.15) is 29.0 Å².